The Bertz CT molecular complexity index is 1160. The lowest BCUT2D eigenvalue weighted by Crippen LogP contribution is -2.49. The molecule has 3 fully saturated rings. The molecule has 9 nitrogen and oxygen atoms in total. The molecule has 2 saturated heterocycles. The number of carbonyl (C=O) groups is 2. The van der Waals surface area contributed by atoms with E-state index in [2.05, 4.69) is 30.4 Å². The standard InChI is InChI=1S/C27H35N5O4/c1-18-3-6-21-23(13-18)36-27(8-11-31(12-9-27)26(34)35-17-19-4-5-19)22-15-32(29-25(21)22)16-24(33)30(2)20-7-10-28-14-20/h3,6,13,15,19-20,28H,4-5,7-12,14,16-17H2,1-2H3/t20-/m1/s1. The lowest BCUT2D eigenvalue weighted by atomic mass is 9.81. The van der Waals surface area contributed by atoms with Gasteiger partial charge in [0, 0.05) is 62.9 Å². The number of likely N-dealkylation sites (N-methyl/N-ethyl adjacent to an activating group) is 1. The Morgan fingerprint density at radius 2 is 2.06 bits per heavy atom. The number of carbonyl (C=O) groups excluding carboxylic acids is 2. The zero-order chi connectivity index (χ0) is 24.9. The van der Waals surface area contributed by atoms with Gasteiger partial charge < -0.3 is 24.6 Å². The molecule has 3 aliphatic heterocycles. The number of benzene rings is 1. The molecule has 1 spiro atoms. The van der Waals surface area contributed by atoms with Crippen molar-refractivity contribution >= 4 is 12.0 Å². The highest BCUT2D eigenvalue weighted by Crippen LogP contribution is 2.49. The topological polar surface area (TPSA) is 88.9 Å². The summed E-state index contributed by atoms with van der Waals surface area (Å²) in [5.41, 5.74) is 3.37. The molecule has 4 aliphatic rings. The van der Waals surface area contributed by atoms with Crippen molar-refractivity contribution in [3.63, 3.8) is 0 Å². The predicted octanol–water partition coefficient (Wildman–Crippen LogP) is 2.91. The number of ether oxygens (including phenoxy) is 2. The monoisotopic (exact) mass is 493 g/mol. The molecule has 0 unspecified atom stereocenters. The number of aromatic nitrogens is 2. The van der Waals surface area contributed by atoms with Crippen molar-refractivity contribution in [3.05, 3.63) is 35.5 Å². The summed E-state index contributed by atoms with van der Waals surface area (Å²) >= 11 is 0. The molecule has 2 amide bonds. The van der Waals surface area contributed by atoms with Crippen molar-refractivity contribution in [1.82, 2.24) is 24.9 Å². The van der Waals surface area contributed by atoms with Gasteiger partial charge in [-0.3, -0.25) is 9.48 Å². The van der Waals surface area contributed by atoms with E-state index in [4.69, 9.17) is 14.6 Å². The molecule has 9 heteroatoms. The molecule has 1 aromatic heterocycles. The smallest absolute Gasteiger partial charge is 0.409 e. The molecule has 1 atom stereocenters. The predicted molar refractivity (Wildman–Crippen MR) is 134 cm³/mol. The number of aryl methyl sites for hydroxylation is 1. The maximum Gasteiger partial charge on any atom is 0.409 e. The van der Waals surface area contributed by atoms with E-state index in [0.717, 1.165) is 60.5 Å². The Kier molecular flexibility index (Phi) is 5.90. The van der Waals surface area contributed by atoms with E-state index in [1.54, 1.807) is 9.58 Å². The van der Waals surface area contributed by atoms with Crippen LogP contribution >= 0.6 is 0 Å². The molecule has 1 N–H and O–H groups in total. The third-order valence-corrected chi connectivity index (χ3v) is 8.19. The number of fused-ring (bicyclic) bond motifs is 4. The highest BCUT2D eigenvalue weighted by atomic mass is 16.6. The van der Waals surface area contributed by atoms with Crippen LogP contribution in [0, 0.1) is 12.8 Å². The maximum atomic E-state index is 13.1. The summed E-state index contributed by atoms with van der Waals surface area (Å²) in [4.78, 5) is 29.3. The van der Waals surface area contributed by atoms with Gasteiger partial charge in [0.1, 0.15) is 23.6 Å². The number of hydrogen-bond acceptors (Lipinski definition) is 6. The Morgan fingerprint density at radius 1 is 1.25 bits per heavy atom. The van der Waals surface area contributed by atoms with E-state index in [1.165, 1.54) is 0 Å². The van der Waals surface area contributed by atoms with E-state index in [9.17, 15) is 9.59 Å². The van der Waals surface area contributed by atoms with E-state index in [0.29, 0.717) is 38.5 Å². The minimum atomic E-state index is -0.577. The summed E-state index contributed by atoms with van der Waals surface area (Å²) < 4.78 is 14.0. The van der Waals surface area contributed by atoms with Crippen LogP contribution in [-0.4, -0.2) is 77.5 Å². The van der Waals surface area contributed by atoms with Crippen LogP contribution in [0.2, 0.25) is 0 Å². The van der Waals surface area contributed by atoms with Gasteiger partial charge in [-0.05, 0) is 56.3 Å². The summed E-state index contributed by atoms with van der Waals surface area (Å²) in [6.07, 6.45) is 6.35. The fourth-order valence-corrected chi connectivity index (χ4v) is 5.62. The number of nitrogens with zero attached hydrogens (tertiary/aromatic N) is 4. The van der Waals surface area contributed by atoms with Crippen molar-refractivity contribution in [2.75, 3.05) is 39.8 Å². The molecule has 0 radical (unpaired) electrons. The lowest BCUT2D eigenvalue weighted by Gasteiger charge is -2.43. The fraction of sp³-hybridized carbons (Fsp3) is 0.593. The average Bonchev–Trinajstić information content (AvgIpc) is 3.34. The molecule has 1 aliphatic carbocycles. The summed E-state index contributed by atoms with van der Waals surface area (Å²) in [5, 5.41) is 8.22. The Labute approximate surface area is 211 Å². The van der Waals surface area contributed by atoms with E-state index >= 15 is 0 Å². The van der Waals surface area contributed by atoms with Gasteiger partial charge in [0.05, 0.1) is 6.61 Å². The van der Waals surface area contributed by atoms with Gasteiger partial charge in [0.15, 0.2) is 0 Å². The van der Waals surface area contributed by atoms with Crippen LogP contribution in [0.15, 0.2) is 24.4 Å². The number of rotatable bonds is 5. The number of likely N-dealkylation sites (tertiary alicyclic amines) is 1. The second kappa shape index (κ2) is 9.10. The molecule has 2 aromatic rings. The third-order valence-electron chi connectivity index (χ3n) is 8.19. The molecule has 4 heterocycles. The summed E-state index contributed by atoms with van der Waals surface area (Å²) in [5.74, 6) is 1.42. The second-order valence-electron chi connectivity index (χ2n) is 10.8. The number of amides is 2. The third kappa shape index (κ3) is 4.34. The Balaban J connectivity index is 1.24. The van der Waals surface area contributed by atoms with Crippen LogP contribution in [0.3, 0.4) is 0 Å². The highest BCUT2D eigenvalue weighted by molar-refractivity contribution is 5.77. The molecule has 36 heavy (non-hydrogen) atoms. The lowest BCUT2D eigenvalue weighted by molar-refractivity contribution is -0.132. The highest BCUT2D eigenvalue weighted by Gasteiger charge is 2.46. The van der Waals surface area contributed by atoms with Crippen molar-refractivity contribution in [3.8, 4) is 17.0 Å². The molecule has 192 valence electrons. The molecule has 6 rings (SSSR count). The van der Waals surface area contributed by atoms with Crippen LogP contribution in [-0.2, 0) is 21.7 Å². The minimum absolute atomic E-state index is 0.0517. The molecular weight excluding hydrogens is 458 g/mol. The van der Waals surface area contributed by atoms with E-state index < -0.39 is 5.60 Å². The van der Waals surface area contributed by atoms with Crippen molar-refractivity contribution in [2.45, 2.75) is 57.2 Å². The Hall–Kier alpha value is -3.07. The number of piperidine rings is 1. The van der Waals surface area contributed by atoms with Gasteiger partial charge in [-0.2, -0.15) is 5.10 Å². The molecule has 0 bridgehead atoms. The largest absolute Gasteiger partial charge is 0.482 e. The van der Waals surface area contributed by atoms with Crippen LogP contribution in [0.25, 0.3) is 11.3 Å². The van der Waals surface area contributed by atoms with Crippen LogP contribution in [0.5, 0.6) is 5.75 Å². The first-order chi connectivity index (χ1) is 17.4. The van der Waals surface area contributed by atoms with Crippen molar-refractivity contribution in [1.29, 1.82) is 0 Å². The van der Waals surface area contributed by atoms with Crippen molar-refractivity contribution in [2.24, 2.45) is 5.92 Å². The van der Waals surface area contributed by atoms with Crippen LogP contribution < -0.4 is 10.1 Å². The fourth-order valence-electron chi connectivity index (χ4n) is 5.62. The first-order valence-electron chi connectivity index (χ1n) is 13.2. The summed E-state index contributed by atoms with van der Waals surface area (Å²) in [6.45, 7) is 5.67. The van der Waals surface area contributed by atoms with Gasteiger partial charge in [0.25, 0.3) is 0 Å². The summed E-state index contributed by atoms with van der Waals surface area (Å²) in [7, 11) is 1.88. The number of hydrogen-bond donors (Lipinski definition) is 1. The quantitative estimate of drug-likeness (QED) is 0.689. The van der Waals surface area contributed by atoms with Crippen molar-refractivity contribution < 1.29 is 19.1 Å². The second-order valence-corrected chi connectivity index (χ2v) is 10.8. The van der Waals surface area contributed by atoms with Crippen LogP contribution in [0.4, 0.5) is 4.79 Å². The van der Waals surface area contributed by atoms with E-state index in [1.807, 2.05) is 18.1 Å². The van der Waals surface area contributed by atoms with Gasteiger partial charge in [-0.1, -0.05) is 6.07 Å². The first-order valence-corrected chi connectivity index (χ1v) is 13.2. The normalized spacial score (nSPS) is 22.1. The summed E-state index contributed by atoms with van der Waals surface area (Å²) in [6, 6.07) is 6.40. The minimum Gasteiger partial charge on any atom is -0.482 e. The average molecular weight is 494 g/mol. The first kappa shape index (κ1) is 23.3. The SMILES string of the molecule is Cc1ccc2c(c1)OC1(CCN(C(=O)OCC3CC3)CC1)c1cn(CC(=O)N(C)[C@@H]3CCNC3)nc1-2. The van der Waals surface area contributed by atoms with Gasteiger partial charge in [-0.25, -0.2) is 4.79 Å². The van der Waals surface area contributed by atoms with E-state index in [-0.39, 0.29) is 24.6 Å². The maximum absolute atomic E-state index is 13.1. The van der Waals surface area contributed by atoms with Gasteiger partial charge in [-0.15, -0.1) is 0 Å². The molecule has 1 aromatic carbocycles. The molecular formula is C27H35N5O4. The van der Waals surface area contributed by atoms with Gasteiger partial charge >= 0.3 is 6.09 Å². The number of nitrogens with one attached hydrogen (secondary N) is 1. The zero-order valence-electron chi connectivity index (χ0n) is 21.2. The van der Waals surface area contributed by atoms with Crippen LogP contribution in [0.1, 0.15) is 43.2 Å². The van der Waals surface area contributed by atoms with Gasteiger partial charge in [0.2, 0.25) is 5.91 Å². The molecule has 1 saturated carbocycles. The Morgan fingerprint density at radius 3 is 2.78 bits per heavy atom. The zero-order valence-corrected chi connectivity index (χ0v) is 21.2.